The molecule has 5 heteroatoms. The molecule has 0 saturated carbocycles. The maximum atomic E-state index is 8.02. The monoisotopic (exact) mass is 373 g/mol. The van der Waals surface area contributed by atoms with Gasteiger partial charge in [0.05, 0.1) is 17.9 Å². The van der Waals surface area contributed by atoms with E-state index in [1.54, 1.807) is 6.20 Å². The molecule has 2 N–H and O–H groups in total. The van der Waals surface area contributed by atoms with E-state index in [0.717, 1.165) is 27.8 Å². The summed E-state index contributed by atoms with van der Waals surface area (Å²) in [4.78, 5) is 2.10. The zero-order valence-electron chi connectivity index (χ0n) is 11.4. The molecule has 4 nitrogen and oxygen atoms in total. The number of hydrogen-bond acceptors (Lipinski definition) is 4. The number of hydrogen-bond donors (Lipinski definition) is 2. The molecule has 0 radical (unpaired) electrons. The molecule has 0 unspecified atom stereocenters. The molecule has 0 atom stereocenters. The predicted molar refractivity (Wildman–Crippen MR) is 88.9 cm³/mol. The summed E-state index contributed by atoms with van der Waals surface area (Å²) in [6.45, 7) is 5.15. The van der Waals surface area contributed by atoms with Crippen LogP contribution in [0.25, 0.3) is 0 Å². The molecule has 0 spiro atoms. The molecule has 0 heterocycles. The quantitative estimate of drug-likeness (QED) is 0.334. The Morgan fingerprint density at radius 1 is 1.53 bits per heavy atom. The molecule has 0 aromatic heterocycles. The van der Waals surface area contributed by atoms with Crippen LogP contribution in [0.15, 0.2) is 31.0 Å². The van der Waals surface area contributed by atoms with Crippen molar-refractivity contribution in [1.29, 1.82) is 5.41 Å². The molecule has 0 bridgehead atoms. The Balaban J connectivity index is 2.64. The van der Waals surface area contributed by atoms with Crippen LogP contribution in [0.5, 0.6) is 0 Å². The fourth-order valence-electron chi connectivity index (χ4n) is 1.57. The van der Waals surface area contributed by atoms with E-state index in [1.165, 1.54) is 0 Å². The van der Waals surface area contributed by atoms with E-state index in [0.29, 0.717) is 6.61 Å². The van der Waals surface area contributed by atoms with Crippen molar-refractivity contribution in [3.63, 3.8) is 0 Å². The van der Waals surface area contributed by atoms with Crippen molar-refractivity contribution in [2.45, 2.75) is 6.42 Å². The summed E-state index contributed by atoms with van der Waals surface area (Å²) in [5, 5.41) is 11.0. The lowest BCUT2D eigenvalue weighted by atomic mass is 10.2. The average Bonchev–Trinajstić information content (AvgIpc) is 2.36. The average molecular weight is 373 g/mol. The van der Waals surface area contributed by atoms with E-state index >= 15 is 0 Å². The van der Waals surface area contributed by atoms with Gasteiger partial charge in [0.15, 0.2) is 0 Å². The van der Waals surface area contributed by atoms with Gasteiger partial charge >= 0.3 is 0 Å². The van der Waals surface area contributed by atoms with Gasteiger partial charge in [-0.1, -0.05) is 6.58 Å². The largest absolute Gasteiger partial charge is 0.478 e. The van der Waals surface area contributed by atoms with Gasteiger partial charge in [-0.2, -0.15) is 0 Å². The molecule has 1 rings (SSSR count). The van der Waals surface area contributed by atoms with Crippen LogP contribution in [0.4, 0.5) is 5.69 Å². The number of rotatable bonds is 7. The number of anilines is 1. The van der Waals surface area contributed by atoms with Gasteiger partial charge in [-0.15, -0.1) is 0 Å². The first-order valence-corrected chi connectivity index (χ1v) is 7.16. The highest BCUT2D eigenvalue weighted by Gasteiger charge is 2.09. The fourth-order valence-corrected chi connectivity index (χ4v) is 2.06. The van der Waals surface area contributed by atoms with Gasteiger partial charge in [-0.25, -0.2) is 0 Å². The standard InChI is InChI=1S/C14H20IN3O/c1-4-17-13-7-6-11(15)10-12(13)14(16)19-9-5-8-18(2)3/h4,6-7,10,16-17H,1,5,8-9H2,2-3H3. The minimum absolute atomic E-state index is 0.196. The van der Waals surface area contributed by atoms with Crippen LogP contribution in [-0.2, 0) is 4.74 Å². The van der Waals surface area contributed by atoms with E-state index < -0.39 is 0 Å². The van der Waals surface area contributed by atoms with Gasteiger partial charge in [0.1, 0.15) is 0 Å². The molecular formula is C14H20IN3O. The Morgan fingerprint density at radius 2 is 2.26 bits per heavy atom. The Bertz CT molecular complexity index is 446. The van der Waals surface area contributed by atoms with Crippen molar-refractivity contribution >= 4 is 34.2 Å². The maximum absolute atomic E-state index is 8.02. The lowest BCUT2D eigenvalue weighted by Crippen LogP contribution is -2.16. The molecule has 1 aromatic carbocycles. The summed E-state index contributed by atoms with van der Waals surface area (Å²) in [6.07, 6.45) is 2.51. The molecule has 0 saturated heterocycles. The molecule has 0 fully saturated rings. The van der Waals surface area contributed by atoms with E-state index in [-0.39, 0.29) is 5.90 Å². The molecule has 104 valence electrons. The third kappa shape index (κ3) is 5.61. The molecule has 1 aromatic rings. The zero-order valence-corrected chi connectivity index (χ0v) is 13.5. The molecular weight excluding hydrogens is 353 g/mol. The van der Waals surface area contributed by atoms with Crippen LogP contribution >= 0.6 is 22.6 Å². The normalized spacial score (nSPS) is 10.3. The summed E-state index contributed by atoms with van der Waals surface area (Å²) in [5.74, 6) is 0.196. The van der Waals surface area contributed by atoms with Crippen molar-refractivity contribution in [2.75, 3.05) is 32.6 Å². The van der Waals surface area contributed by atoms with E-state index in [1.807, 2.05) is 32.3 Å². The zero-order chi connectivity index (χ0) is 14.3. The lowest BCUT2D eigenvalue weighted by Gasteiger charge is -2.13. The number of ether oxygens (including phenoxy) is 1. The van der Waals surface area contributed by atoms with Gasteiger partial charge < -0.3 is 15.0 Å². The summed E-state index contributed by atoms with van der Waals surface area (Å²) < 4.78 is 6.57. The van der Waals surface area contributed by atoms with Gasteiger partial charge in [0.2, 0.25) is 5.90 Å². The highest BCUT2D eigenvalue weighted by atomic mass is 127. The van der Waals surface area contributed by atoms with E-state index in [4.69, 9.17) is 10.1 Å². The first-order chi connectivity index (χ1) is 9.04. The Kier molecular flexibility index (Phi) is 6.86. The number of benzene rings is 1. The van der Waals surface area contributed by atoms with Gasteiger partial charge in [-0.3, -0.25) is 5.41 Å². The molecule has 0 aliphatic rings. The second kappa shape index (κ2) is 8.16. The SMILES string of the molecule is C=CNc1ccc(I)cc1C(=N)OCCCN(C)C. The van der Waals surface area contributed by atoms with Crippen LogP contribution in [0, 0.1) is 8.98 Å². The number of nitrogens with zero attached hydrogens (tertiary/aromatic N) is 1. The van der Waals surface area contributed by atoms with Crippen LogP contribution in [0.3, 0.4) is 0 Å². The topological polar surface area (TPSA) is 48.4 Å². The van der Waals surface area contributed by atoms with Crippen molar-refractivity contribution in [1.82, 2.24) is 4.90 Å². The minimum Gasteiger partial charge on any atom is -0.478 e. The smallest absolute Gasteiger partial charge is 0.215 e. The Hall–Kier alpha value is -1.08. The summed E-state index contributed by atoms with van der Waals surface area (Å²) in [7, 11) is 4.05. The lowest BCUT2D eigenvalue weighted by molar-refractivity contribution is 0.270. The second-order valence-corrected chi connectivity index (χ2v) is 5.62. The maximum Gasteiger partial charge on any atom is 0.215 e. The highest BCUT2D eigenvalue weighted by Crippen LogP contribution is 2.20. The Labute approximate surface area is 128 Å². The summed E-state index contributed by atoms with van der Waals surface area (Å²) >= 11 is 2.23. The van der Waals surface area contributed by atoms with Gasteiger partial charge in [0, 0.05) is 10.1 Å². The third-order valence-corrected chi connectivity index (χ3v) is 3.15. The van der Waals surface area contributed by atoms with Crippen molar-refractivity contribution in [3.05, 3.63) is 40.1 Å². The van der Waals surface area contributed by atoms with Crippen LogP contribution in [0.1, 0.15) is 12.0 Å². The van der Waals surface area contributed by atoms with Gasteiger partial charge in [0.25, 0.3) is 0 Å². The minimum atomic E-state index is 0.196. The second-order valence-electron chi connectivity index (χ2n) is 4.37. The van der Waals surface area contributed by atoms with Crippen molar-refractivity contribution < 1.29 is 4.74 Å². The first kappa shape index (κ1) is 16.0. The van der Waals surface area contributed by atoms with Crippen LogP contribution < -0.4 is 5.32 Å². The molecule has 19 heavy (non-hydrogen) atoms. The van der Waals surface area contributed by atoms with Crippen molar-refractivity contribution in [2.24, 2.45) is 0 Å². The number of nitrogens with one attached hydrogen (secondary N) is 2. The first-order valence-electron chi connectivity index (χ1n) is 6.08. The van der Waals surface area contributed by atoms with E-state index in [9.17, 15) is 0 Å². The predicted octanol–water partition coefficient (Wildman–Crippen LogP) is 3.14. The number of halogens is 1. The molecule has 0 amide bonds. The fraction of sp³-hybridized carbons (Fsp3) is 0.357. The van der Waals surface area contributed by atoms with Crippen molar-refractivity contribution in [3.8, 4) is 0 Å². The summed E-state index contributed by atoms with van der Waals surface area (Å²) in [5.41, 5.74) is 1.60. The highest BCUT2D eigenvalue weighted by molar-refractivity contribution is 14.1. The molecule has 0 aliphatic heterocycles. The summed E-state index contributed by atoms with van der Waals surface area (Å²) in [6, 6.07) is 5.84. The van der Waals surface area contributed by atoms with Crippen LogP contribution in [-0.4, -0.2) is 38.0 Å². The van der Waals surface area contributed by atoms with Gasteiger partial charge in [-0.05, 0) is 67.5 Å². The van der Waals surface area contributed by atoms with Crippen LogP contribution in [0.2, 0.25) is 0 Å². The molecule has 0 aliphatic carbocycles. The van der Waals surface area contributed by atoms with E-state index in [2.05, 4.69) is 39.4 Å². The Morgan fingerprint density at radius 3 is 2.89 bits per heavy atom. The third-order valence-electron chi connectivity index (χ3n) is 2.48.